The summed E-state index contributed by atoms with van der Waals surface area (Å²) < 4.78 is 31.7. The SMILES string of the molecule is CCCCC(CC)COC(=S)CCc1cc(F)cc(N2CCC3(CC2)OCCO3)c1. The number of ether oxygens (including phenoxy) is 3. The Morgan fingerprint density at radius 2 is 1.93 bits per heavy atom. The Balaban J connectivity index is 1.48. The molecule has 0 amide bonds. The Kier molecular flexibility index (Phi) is 8.90. The van der Waals surface area contributed by atoms with Crippen molar-refractivity contribution in [1.29, 1.82) is 0 Å². The predicted molar refractivity (Wildman–Crippen MR) is 123 cm³/mol. The zero-order chi connectivity index (χ0) is 21.4. The third-order valence-corrected chi connectivity index (χ3v) is 6.61. The van der Waals surface area contributed by atoms with Crippen LogP contribution in [0.2, 0.25) is 0 Å². The Bertz CT molecular complexity index is 683. The third-order valence-electron chi connectivity index (χ3n) is 6.29. The van der Waals surface area contributed by atoms with Crippen molar-refractivity contribution in [2.75, 3.05) is 37.8 Å². The van der Waals surface area contributed by atoms with Gasteiger partial charge in [0, 0.05) is 38.0 Å². The number of piperidine rings is 1. The van der Waals surface area contributed by atoms with E-state index < -0.39 is 5.79 Å². The van der Waals surface area contributed by atoms with E-state index in [2.05, 4.69) is 24.8 Å². The van der Waals surface area contributed by atoms with Crippen LogP contribution in [0.3, 0.4) is 0 Å². The maximum absolute atomic E-state index is 14.3. The van der Waals surface area contributed by atoms with Gasteiger partial charge in [-0.1, -0.05) is 33.1 Å². The van der Waals surface area contributed by atoms with Gasteiger partial charge in [-0.25, -0.2) is 4.39 Å². The molecule has 2 aliphatic heterocycles. The van der Waals surface area contributed by atoms with Gasteiger partial charge in [-0.2, -0.15) is 0 Å². The summed E-state index contributed by atoms with van der Waals surface area (Å²) in [6.07, 6.45) is 7.71. The van der Waals surface area contributed by atoms with Crippen LogP contribution in [0.5, 0.6) is 0 Å². The molecule has 1 aromatic carbocycles. The first-order valence-electron chi connectivity index (χ1n) is 11.5. The van der Waals surface area contributed by atoms with Gasteiger partial charge in [0.25, 0.3) is 0 Å². The number of hydrogen-bond donors (Lipinski definition) is 0. The number of hydrogen-bond acceptors (Lipinski definition) is 5. The lowest BCUT2D eigenvalue weighted by Gasteiger charge is -2.38. The number of benzene rings is 1. The van der Waals surface area contributed by atoms with Gasteiger partial charge in [-0.3, -0.25) is 0 Å². The number of rotatable bonds is 10. The van der Waals surface area contributed by atoms with Crippen molar-refractivity contribution in [3.63, 3.8) is 0 Å². The van der Waals surface area contributed by atoms with Crippen molar-refractivity contribution in [2.24, 2.45) is 5.92 Å². The molecule has 1 atom stereocenters. The molecule has 1 aromatic rings. The van der Waals surface area contributed by atoms with Gasteiger partial charge < -0.3 is 19.1 Å². The van der Waals surface area contributed by atoms with Crippen LogP contribution in [0.25, 0.3) is 0 Å². The largest absolute Gasteiger partial charge is 0.487 e. The van der Waals surface area contributed by atoms with E-state index in [4.69, 9.17) is 26.4 Å². The van der Waals surface area contributed by atoms with Crippen molar-refractivity contribution in [3.05, 3.63) is 29.6 Å². The summed E-state index contributed by atoms with van der Waals surface area (Å²) in [4.78, 5) is 2.22. The fraction of sp³-hybridized carbons (Fsp3) is 0.708. The van der Waals surface area contributed by atoms with Crippen LogP contribution < -0.4 is 4.90 Å². The summed E-state index contributed by atoms with van der Waals surface area (Å²) in [5.41, 5.74) is 1.89. The summed E-state index contributed by atoms with van der Waals surface area (Å²) in [6.45, 7) is 8.07. The minimum Gasteiger partial charge on any atom is -0.487 e. The number of thiocarbonyl (C=S) groups is 1. The first-order valence-corrected chi connectivity index (χ1v) is 11.9. The first kappa shape index (κ1) is 23.4. The van der Waals surface area contributed by atoms with Crippen molar-refractivity contribution >= 4 is 23.0 Å². The minimum absolute atomic E-state index is 0.200. The highest BCUT2D eigenvalue weighted by molar-refractivity contribution is 7.80. The molecule has 1 unspecified atom stereocenters. The molecular weight excluding hydrogens is 401 g/mol. The quantitative estimate of drug-likeness (QED) is 0.441. The van der Waals surface area contributed by atoms with E-state index in [9.17, 15) is 4.39 Å². The molecule has 6 heteroatoms. The third kappa shape index (κ3) is 6.63. The number of aryl methyl sites for hydroxylation is 1. The summed E-state index contributed by atoms with van der Waals surface area (Å²) in [7, 11) is 0. The Morgan fingerprint density at radius 3 is 2.60 bits per heavy atom. The van der Waals surface area contributed by atoms with Crippen molar-refractivity contribution in [3.8, 4) is 0 Å². The molecule has 0 saturated carbocycles. The van der Waals surface area contributed by atoms with Crippen LogP contribution in [0.15, 0.2) is 18.2 Å². The van der Waals surface area contributed by atoms with Gasteiger partial charge in [-0.05, 0) is 54.7 Å². The maximum Gasteiger partial charge on any atom is 0.171 e. The second-order valence-corrected chi connectivity index (χ2v) is 8.97. The lowest BCUT2D eigenvalue weighted by atomic mass is 10.0. The predicted octanol–water partition coefficient (Wildman–Crippen LogP) is 5.66. The Labute approximate surface area is 186 Å². The standard InChI is InChI=1S/C24H36FNO3S/c1-3-5-6-19(4-2)18-27-23(30)8-7-20-15-21(25)17-22(16-20)26-11-9-24(10-12-26)28-13-14-29-24/h15-17,19H,3-14,18H2,1-2H3. The van der Waals surface area contributed by atoms with Crippen molar-refractivity contribution < 1.29 is 18.6 Å². The highest BCUT2D eigenvalue weighted by Gasteiger charge is 2.39. The van der Waals surface area contributed by atoms with E-state index in [1.807, 2.05) is 0 Å². The Morgan fingerprint density at radius 1 is 1.20 bits per heavy atom. The second-order valence-electron chi connectivity index (χ2n) is 8.51. The molecule has 0 N–H and O–H groups in total. The van der Waals surface area contributed by atoms with Crippen LogP contribution in [-0.2, 0) is 20.6 Å². The molecule has 2 aliphatic rings. The highest BCUT2D eigenvalue weighted by Crippen LogP contribution is 2.33. The monoisotopic (exact) mass is 437 g/mol. The summed E-state index contributed by atoms with van der Waals surface area (Å²) in [5, 5.41) is 0.631. The number of unbranched alkanes of at least 4 members (excludes halogenated alkanes) is 1. The van der Waals surface area contributed by atoms with Crippen LogP contribution in [0, 0.1) is 11.7 Å². The summed E-state index contributed by atoms with van der Waals surface area (Å²) in [6, 6.07) is 5.30. The molecule has 4 nitrogen and oxygen atoms in total. The van der Waals surface area contributed by atoms with Crippen LogP contribution in [0.4, 0.5) is 10.1 Å². The highest BCUT2D eigenvalue weighted by atomic mass is 32.1. The molecule has 2 fully saturated rings. The molecule has 2 heterocycles. The average Bonchev–Trinajstić information content (AvgIpc) is 3.20. The van der Waals surface area contributed by atoms with Gasteiger partial charge >= 0.3 is 0 Å². The number of halogens is 1. The summed E-state index contributed by atoms with van der Waals surface area (Å²) in [5.74, 6) is -0.0450. The van der Waals surface area contributed by atoms with Gasteiger partial charge in [0.2, 0.25) is 0 Å². The lowest BCUT2D eigenvalue weighted by Crippen LogP contribution is -2.45. The second kappa shape index (κ2) is 11.4. The molecular formula is C24H36FNO3S. The lowest BCUT2D eigenvalue weighted by molar-refractivity contribution is -0.169. The van der Waals surface area contributed by atoms with Gasteiger partial charge in [0.1, 0.15) is 5.82 Å². The first-order chi connectivity index (χ1) is 14.5. The van der Waals surface area contributed by atoms with Crippen LogP contribution in [0.1, 0.15) is 64.4 Å². The molecule has 0 aliphatic carbocycles. The van der Waals surface area contributed by atoms with Crippen LogP contribution in [-0.4, -0.2) is 43.7 Å². The van der Waals surface area contributed by atoms with E-state index in [1.165, 1.54) is 19.3 Å². The Hall–Kier alpha value is -1.24. The molecule has 1 spiro atoms. The molecule has 0 bridgehead atoms. The number of nitrogens with zero attached hydrogens (tertiary/aromatic N) is 1. The zero-order valence-electron chi connectivity index (χ0n) is 18.5. The normalized spacial score (nSPS) is 19.2. The van der Waals surface area contributed by atoms with E-state index in [-0.39, 0.29) is 5.82 Å². The zero-order valence-corrected chi connectivity index (χ0v) is 19.3. The number of anilines is 1. The van der Waals surface area contributed by atoms with E-state index in [0.717, 1.165) is 43.6 Å². The van der Waals surface area contributed by atoms with Crippen LogP contribution >= 0.6 is 12.2 Å². The van der Waals surface area contributed by atoms with Gasteiger partial charge in [0.05, 0.1) is 19.8 Å². The van der Waals surface area contributed by atoms with Gasteiger partial charge in [0.15, 0.2) is 10.8 Å². The van der Waals surface area contributed by atoms with Gasteiger partial charge in [-0.15, -0.1) is 0 Å². The minimum atomic E-state index is -0.413. The molecule has 3 rings (SSSR count). The fourth-order valence-electron chi connectivity index (χ4n) is 4.28. The molecule has 0 radical (unpaired) electrons. The molecule has 2 saturated heterocycles. The average molecular weight is 438 g/mol. The maximum atomic E-state index is 14.3. The smallest absolute Gasteiger partial charge is 0.171 e. The molecule has 168 valence electrons. The molecule has 0 aromatic heterocycles. The molecule has 30 heavy (non-hydrogen) atoms. The topological polar surface area (TPSA) is 30.9 Å². The van der Waals surface area contributed by atoms with Crippen molar-refractivity contribution in [2.45, 2.75) is 71.0 Å². The van der Waals surface area contributed by atoms with Crippen molar-refractivity contribution in [1.82, 2.24) is 0 Å². The van der Waals surface area contributed by atoms with E-state index in [0.29, 0.717) is 43.6 Å². The van der Waals surface area contributed by atoms with E-state index in [1.54, 1.807) is 12.1 Å². The van der Waals surface area contributed by atoms with E-state index >= 15 is 0 Å². The summed E-state index contributed by atoms with van der Waals surface area (Å²) >= 11 is 5.43. The fourth-order valence-corrected chi connectivity index (χ4v) is 4.45.